The van der Waals surface area contributed by atoms with Gasteiger partial charge < -0.3 is 10.1 Å². The first-order chi connectivity index (χ1) is 10.2. The Labute approximate surface area is 121 Å². The molecule has 2 bridgehead atoms. The molecule has 2 fully saturated rings. The van der Waals surface area contributed by atoms with E-state index in [4.69, 9.17) is 4.74 Å². The molecule has 0 spiro atoms. The van der Waals surface area contributed by atoms with Crippen molar-refractivity contribution in [2.75, 3.05) is 5.32 Å². The van der Waals surface area contributed by atoms with Crippen molar-refractivity contribution >= 4 is 23.2 Å². The Morgan fingerprint density at radius 3 is 2.10 bits per heavy atom. The van der Waals surface area contributed by atoms with Crippen LogP contribution in [0.4, 0.5) is 5.69 Å². The number of ether oxygens (including phenoxy) is 1. The number of nitrogens with one attached hydrogen (secondary N) is 1. The zero-order valence-electron chi connectivity index (χ0n) is 11.1. The van der Waals surface area contributed by atoms with Gasteiger partial charge in [0.1, 0.15) is 0 Å². The van der Waals surface area contributed by atoms with Crippen molar-refractivity contribution in [1.82, 2.24) is 0 Å². The molecule has 4 unspecified atom stereocenters. The van der Waals surface area contributed by atoms with E-state index in [0.29, 0.717) is 5.69 Å². The highest BCUT2D eigenvalue weighted by Crippen LogP contribution is 2.47. The summed E-state index contributed by atoms with van der Waals surface area (Å²) in [7, 11) is 0. The van der Waals surface area contributed by atoms with Crippen molar-refractivity contribution in [1.29, 1.82) is 0 Å². The zero-order chi connectivity index (χ0) is 14.6. The third kappa shape index (κ3) is 1.70. The number of carbonyl (C=O) groups is 3. The highest BCUT2D eigenvalue weighted by Gasteiger charge is 2.62. The number of rotatable bonds is 2. The molecule has 21 heavy (non-hydrogen) atoms. The van der Waals surface area contributed by atoms with Crippen LogP contribution in [0.3, 0.4) is 0 Å². The number of Topliss-reactive ketones (excluding diaryl/α,β-unsaturated/α-hetero) is 2. The second-order valence-electron chi connectivity index (χ2n) is 5.59. The Hall–Kier alpha value is -2.27. The van der Waals surface area contributed by atoms with Crippen molar-refractivity contribution in [3.05, 3.63) is 42.5 Å². The zero-order valence-corrected chi connectivity index (χ0v) is 11.1. The molecule has 2 heterocycles. The molecule has 5 heteroatoms. The lowest BCUT2D eigenvalue weighted by Crippen LogP contribution is -2.34. The van der Waals surface area contributed by atoms with Crippen molar-refractivity contribution in [3.63, 3.8) is 0 Å². The lowest BCUT2D eigenvalue weighted by Gasteiger charge is -2.12. The molecule has 3 aliphatic rings. The molecule has 0 aromatic heterocycles. The van der Waals surface area contributed by atoms with Gasteiger partial charge in [0, 0.05) is 5.69 Å². The minimum atomic E-state index is -1.20. The van der Waals surface area contributed by atoms with Crippen molar-refractivity contribution < 1.29 is 19.1 Å². The summed E-state index contributed by atoms with van der Waals surface area (Å²) in [6.45, 7) is 0. The van der Waals surface area contributed by atoms with E-state index < -0.39 is 23.7 Å². The SMILES string of the molecule is O=C(Nc1ccccc1)C1C(=O)C2C3C=CC(O3)C2C1=O. The summed E-state index contributed by atoms with van der Waals surface area (Å²) in [6, 6.07) is 8.82. The summed E-state index contributed by atoms with van der Waals surface area (Å²) in [5.41, 5.74) is 0.581. The minimum Gasteiger partial charge on any atom is -0.365 e. The maximum Gasteiger partial charge on any atom is 0.242 e. The van der Waals surface area contributed by atoms with Crippen LogP contribution in [0.25, 0.3) is 0 Å². The highest BCUT2D eigenvalue weighted by molar-refractivity contribution is 6.27. The van der Waals surface area contributed by atoms with Crippen LogP contribution in [-0.4, -0.2) is 29.7 Å². The summed E-state index contributed by atoms with van der Waals surface area (Å²) in [6.07, 6.45) is 2.94. The number of hydrogen-bond acceptors (Lipinski definition) is 4. The van der Waals surface area contributed by atoms with Gasteiger partial charge in [-0.3, -0.25) is 14.4 Å². The van der Waals surface area contributed by atoms with Gasteiger partial charge in [0.2, 0.25) is 5.91 Å². The van der Waals surface area contributed by atoms with Gasteiger partial charge >= 0.3 is 0 Å². The van der Waals surface area contributed by atoms with E-state index >= 15 is 0 Å². The lowest BCUT2D eigenvalue weighted by atomic mass is 9.85. The van der Waals surface area contributed by atoms with Crippen LogP contribution in [0.5, 0.6) is 0 Å². The number of anilines is 1. The fourth-order valence-electron chi connectivity index (χ4n) is 3.51. The number of amides is 1. The predicted octanol–water partition coefficient (Wildman–Crippen LogP) is 0.963. The maximum absolute atomic E-state index is 12.4. The number of para-hydroxylation sites is 1. The topological polar surface area (TPSA) is 72.5 Å². The molecule has 4 atom stereocenters. The van der Waals surface area contributed by atoms with Gasteiger partial charge in [0.25, 0.3) is 0 Å². The van der Waals surface area contributed by atoms with Crippen LogP contribution in [0.15, 0.2) is 42.5 Å². The highest BCUT2D eigenvalue weighted by atomic mass is 16.5. The van der Waals surface area contributed by atoms with Gasteiger partial charge in [-0.15, -0.1) is 0 Å². The molecular weight excluding hydrogens is 270 g/mol. The first-order valence-electron chi connectivity index (χ1n) is 6.94. The average Bonchev–Trinajstić information content (AvgIpc) is 3.14. The predicted molar refractivity (Wildman–Crippen MR) is 73.4 cm³/mol. The number of benzene rings is 1. The van der Waals surface area contributed by atoms with Crippen LogP contribution < -0.4 is 5.32 Å². The van der Waals surface area contributed by atoms with Crippen LogP contribution in [0, 0.1) is 17.8 Å². The monoisotopic (exact) mass is 283 g/mol. The average molecular weight is 283 g/mol. The number of carbonyl (C=O) groups excluding carboxylic acids is 3. The van der Waals surface area contributed by atoms with Crippen molar-refractivity contribution in [2.45, 2.75) is 12.2 Å². The van der Waals surface area contributed by atoms with E-state index in [9.17, 15) is 14.4 Å². The molecule has 1 amide bonds. The Balaban J connectivity index is 1.58. The van der Waals surface area contributed by atoms with Crippen LogP contribution in [0.1, 0.15) is 0 Å². The van der Waals surface area contributed by atoms with E-state index in [1.807, 2.05) is 18.2 Å². The lowest BCUT2D eigenvalue weighted by molar-refractivity contribution is -0.137. The van der Waals surface area contributed by atoms with Crippen molar-refractivity contribution in [2.24, 2.45) is 17.8 Å². The summed E-state index contributed by atoms with van der Waals surface area (Å²) in [4.78, 5) is 37.1. The third-order valence-corrected chi connectivity index (χ3v) is 4.43. The second kappa shape index (κ2) is 4.36. The fraction of sp³-hybridized carbons (Fsp3) is 0.312. The Morgan fingerprint density at radius 1 is 0.952 bits per heavy atom. The summed E-state index contributed by atoms with van der Waals surface area (Å²) < 4.78 is 5.54. The van der Waals surface area contributed by atoms with E-state index in [0.717, 1.165) is 0 Å². The van der Waals surface area contributed by atoms with Gasteiger partial charge in [-0.2, -0.15) is 0 Å². The smallest absolute Gasteiger partial charge is 0.242 e. The van der Waals surface area contributed by atoms with Crippen molar-refractivity contribution in [3.8, 4) is 0 Å². The Morgan fingerprint density at radius 2 is 1.52 bits per heavy atom. The number of ketones is 2. The molecule has 1 aromatic carbocycles. The number of fused-ring (bicyclic) bond motifs is 5. The summed E-state index contributed by atoms with van der Waals surface area (Å²) >= 11 is 0. The quantitative estimate of drug-likeness (QED) is 0.648. The van der Waals surface area contributed by atoms with Gasteiger partial charge in [0.15, 0.2) is 17.5 Å². The molecule has 1 N–H and O–H groups in total. The Kier molecular flexibility index (Phi) is 2.59. The molecular formula is C16H13NO4. The first-order valence-corrected chi connectivity index (χ1v) is 6.94. The molecule has 5 nitrogen and oxygen atoms in total. The summed E-state index contributed by atoms with van der Waals surface area (Å²) in [5.74, 6) is -3.33. The molecule has 0 radical (unpaired) electrons. The fourth-order valence-corrected chi connectivity index (χ4v) is 3.51. The number of hydrogen-bond donors (Lipinski definition) is 1. The third-order valence-electron chi connectivity index (χ3n) is 4.43. The van der Waals surface area contributed by atoms with Crippen LogP contribution >= 0.6 is 0 Å². The largest absolute Gasteiger partial charge is 0.365 e. The molecule has 4 rings (SSSR count). The van der Waals surface area contributed by atoms with Crippen LogP contribution in [-0.2, 0) is 19.1 Å². The van der Waals surface area contributed by atoms with E-state index in [2.05, 4.69) is 5.32 Å². The first kappa shape index (κ1) is 12.5. The molecule has 1 saturated heterocycles. The van der Waals surface area contributed by atoms with E-state index in [1.54, 1.807) is 24.3 Å². The van der Waals surface area contributed by atoms with Gasteiger partial charge in [-0.05, 0) is 12.1 Å². The maximum atomic E-state index is 12.4. The van der Waals surface area contributed by atoms with E-state index in [-0.39, 0.29) is 23.8 Å². The molecule has 1 aliphatic carbocycles. The second-order valence-corrected chi connectivity index (χ2v) is 5.59. The molecule has 1 aromatic rings. The normalized spacial score (nSPS) is 36.1. The van der Waals surface area contributed by atoms with Gasteiger partial charge in [0.05, 0.1) is 24.0 Å². The Bertz CT molecular complexity index is 636. The summed E-state index contributed by atoms with van der Waals surface area (Å²) in [5, 5.41) is 2.64. The minimum absolute atomic E-state index is 0.310. The van der Waals surface area contributed by atoms with E-state index in [1.165, 1.54) is 0 Å². The van der Waals surface area contributed by atoms with Crippen LogP contribution in [0.2, 0.25) is 0 Å². The standard InChI is InChI=1S/C16H13NO4/c18-14-11-9-6-7-10(21-9)12(11)15(19)13(14)16(20)17-8-4-2-1-3-5-8/h1-7,9-13H,(H,17,20). The molecule has 2 aliphatic heterocycles. The molecule has 106 valence electrons. The van der Waals surface area contributed by atoms with Gasteiger partial charge in [-0.25, -0.2) is 0 Å². The van der Waals surface area contributed by atoms with Gasteiger partial charge in [-0.1, -0.05) is 30.4 Å². The molecule has 1 saturated carbocycles.